The fraction of sp³-hybridized carbons (Fsp3) is 0.300. The lowest BCUT2D eigenvalue weighted by molar-refractivity contribution is -0.112. The van der Waals surface area contributed by atoms with Gasteiger partial charge in [0.25, 0.3) is 0 Å². The van der Waals surface area contributed by atoms with Crippen LogP contribution in [-0.4, -0.2) is 10.9 Å². The first-order valence-corrected chi connectivity index (χ1v) is 5.33. The molecule has 0 amide bonds. The van der Waals surface area contributed by atoms with Crippen molar-refractivity contribution in [2.45, 2.75) is 6.42 Å². The molecule has 0 spiro atoms. The van der Waals surface area contributed by atoms with Crippen LogP contribution in [0.3, 0.4) is 0 Å². The van der Waals surface area contributed by atoms with Gasteiger partial charge in [-0.2, -0.15) is 0 Å². The van der Waals surface area contributed by atoms with Gasteiger partial charge < -0.3 is 5.32 Å². The lowest BCUT2D eigenvalue weighted by atomic mass is 10.0. The molecular weight excluding hydrogens is 182 g/mol. The molecule has 1 atom stereocenters. The van der Waals surface area contributed by atoms with E-state index < -0.39 is 0 Å². The topological polar surface area (TPSA) is 29.1 Å². The van der Waals surface area contributed by atoms with Crippen LogP contribution >= 0.6 is 11.8 Å². The number of allylic oxidation sites excluding steroid dienone is 5. The molecular formula is C10H11NOS. The monoisotopic (exact) mass is 193 g/mol. The van der Waals surface area contributed by atoms with Gasteiger partial charge in [-0.05, 0) is 18.6 Å². The summed E-state index contributed by atoms with van der Waals surface area (Å²) in [4.78, 5) is 11.4. The minimum atomic E-state index is 0.0809. The van der Waals surface area contributed by atoms with Gasteiger partial charge in [0.15, 0.2) is 5.12 Å². The third-order valence-electron chi connectivity index (χ3n) is 2.16. The quantitative estimate of drug-likeness (QED) is 0.688. The Kier molecular flexibility index (Phi) is 2.54. The van der Waals surface area contributed by atoms with Gasteiger partial charge in [-0.3, -0.25) is 4.79 Å². The van der Waals surface area contributed by atoms with Crippen LogP contribution in [0.2, 0.25) is 0 Å². The smallest absolute Gasteiger partial charge is 0.197 e. The summed E-state index contributed by atoms with van der Waals surface area (Å²) >= 11 is 1.44. The van der Waals surface area contributed by atoms with Crippen molar-refractivity contribution < 1.29 is 4.79 Å². The Morgan fingerprint density at radius 3 is 3.08 bits per heavy atom. The van der Waals surface area contributed by atoms with E-state index in [9.17, 15) is 4.79 Å². The van der Waals surface area contributed by atoms with Gasteiger partial charge >= 0.3 is 0 Å². The Morgan fingerprint density at radius 2 is 2.31 bits per heavy atom. The summed E-state index contributed by atoms with van der Waals surface area (Å²) in [6, 6.07) is 0. The summed E-state index contributed by atoms with van der Waals surface area (Å²) in [6.45, 7) is 0. The van der Waals surface area contributed by atoms with Gasteiger partial charge in [0.1, 0.15) is 0 Å². The van der Waals surface area contributed by atoms with E-state index in [0.717, 1.165) is 17.9 Å². The lowest BCUT2D eigenvalue weighted by Gasteiger charge is -2.10. The first kappa shape index (κ1) is 8.63. The van der Waals surface area contributed by atoms with E-state index in [1.165, 1.54) is 11.8 Å². The van der Waals surface area contributed by atoms with Crippen molar-refractivity contribution in [3.63, 3.8) is 0 Å². The Labute approximate surface area is 81.8 Å². The minimum absolute atomic E-state index is 0.0809. The summed E-state index contributed by atoms with van der Waals surface area (Å²) in [5, 5.41) is 3.43. The van der Waals surface area contributed by atoms with E-state index >= 15 is 0 Å². The molecule has 0 saturated carbocycles. The van der Waals surface area contributed by atoms with Crippen LogP contribution in [0.4, 0.5) is 0 Å². The molecule has 2 nitrogen and oxygen atoms in total. The average Bonchev–Trinajstić information content (AvgIpc) is 2.43. The fourth-order valence-electron chi connectivity index (χ4n) is 1.47. The van der Waals surface area contributed by atoms with Crippen molar-refractivity contribution in [1.82, 2.24) is 5.32 Å². The van der Waals surface area contributed by atoms with Gasteiger partial charge in [0.2, 0.25) is 0 Å². The van der Waals surface area contributed by atoms with Crippen molar-refractivity contribution >= 4 is 16.9 Å². The van der Waals surface area contributed by atoms with Crippen LogP contribution in [0.25, 0.3) is 0 Å². The summed E-state index contributed by atoms with van der Waals surface area (Å²) in [6.07, 6.45) is 10.6. The number of carbonyl (C=O) groups excluding carboxylic acids is 1. The summed E-state index contributed by atoms with van der Waals surface area (Å²) in [5.41, 5.74) is 1.03. The maximum atomic E-state index is 11.4. The van der Waals surface area contributed by atoms with Gasteiger partial charge in [-0.15, -0.1) is 0 Å². The molecule has 2 aliphatic heterocycles. The molecule has 2 rings (SSSR count). The Hall–Kier alpha value is -0.960. The molecule has 68 valence electrons. The molecule has 13 heavy (non-hydrogen) atoms. The van der Waals surface area contributed by atoms with E-state index in [4.69, 9.17) is 0 Å². The molecule has 1 N–H and O–H groups in total. The van der Waals surface area contributed by atoms with Crippen LogP contribution < -0.4 is 5.32 Å². The predicted molar refractivity (Wildman–Crippen MR) is 55.1 cm³/mol. The highest BCUT2D eigenvalue weighted by Gasteiger charge is 2.28. The van der Waals surface area contributed by atoms with Crippen molar-refractivity contribution in [3.8, 4) is 0 Å². The number of hydrogen-bond acceptors (Lipinski definition) is 3. The number of thioether (sulfide) groups is 1. The van der Waals surface area contributed by atoms with Crippen molar-refractivity contribution in [2.75, 3.05) is 5.75 Å². The van der Waals surface area contributed by atoms with Crippen molar-refractivity contribution in [1.29, 1.82) is 0 Å². The standard InChI is InChI=1S/C10H11NOS/c12-10-8(5-7-13-10)9-4-2-1-3-6-11-9/h1-4,6,8,11H,5,7H2. The second-order valence-corrected chi connectivity index (χ2v) is 4.12. The molecule has 2 aliphatic rings. The van der Waals surface area contributed by atoms with Gasteiger partial charge in [-0.1, -0.05) is 23.9 Å². The van der Waals surface area contributed by atoms with Crippen LogP contribution in [-0.2, 0) is 4.79 Å². The first-order valence-electron chi connectivity index (χ1n) is 4.34. The van der Waals surface area contributed by atoms with Crippen LogP contribution in [0.1, 0.15) is 6.42 Å². The molecule has 2 heterocycles. The Bertz CT molecular complexity index is 304. The highest BCUT2D eigenvalue weighted by atomic mass is 32.2. The van der Waals surface area contributed by atoms with Crippen LogP contribution in [0.15, 0.2) is 36.2 Å². The summed E-state index contributed by atoms with van der Waals surface area (Å²) in [7, 11) is 0. The third-order valence-corrected chi connectivity index (χ3v) is 3.16. The molecule has 0 aromatic carbocycles. The van der Waals surface area contributed by atoms with E-state index in [-0.39, 0.29) is 5.92 Å². The molecule has 1 unspecified atom stereocenters. The Morgan fingerprint density at radius 1 is 1.38 bits per heavy atom. The highest BCUT2D eigenvalue weighted by molar-refractivity contribution is 8.14. The summed E-state index contributed by atoms with van der Waals surface area (Å²) < 4.78 is 0. The molecule has 3 heteroatoms. The molecule has 0 aromatic rings. The Balaban J connectivity index is 2.15. The van der Waals surface area contributed by atoms with Crippen molar-refractivity contribution in [2.24, 2.45) is 5.92 Å². The molecule has 1 fully saturated rings. The van der Waals surface area contributed by atoms with Gasteiger partial charge in [0, 0.05) is 17.6 Å². The predicted octanol–water partition coefficient (Wildman–Crippen LogP) is 1.82. The zero-order valence-corrected chi connectivity index (χ0v) is 8.01. The van der Waals surface area contributed by atoms with Gasteiger partial charge in [0.05, 0.1) is 5.92 Å². The second-order valence-electron chi connectivity index (χ2n) is 3.02. The van der Waals surface area contributed by atoms with E-state index in [2.05, 4.69) is 5.32 Å². The first-order chi connectivity index (χ1) is 6.38. The maximum Gasteiger partial charge on any atom is 0.197 e. The average molecular weight is 193 g/mol. The number of nitrogens with one attached hydrogen (secondary N) is 1. The van der Waals surface area contributed by atoms with Gasteiger partial charge in [-0.25, -0.2) is 0 Å². The van der Waals surface area contributed by atoms with Crippen molar-refractivity contribution in [3.05, 3.63) is 36.2 Å². The minimum Gasteiger partial charge on any atom is -0.364 e. The fourth-order valence-corrected chi connectivity index (χ4v) is 2.47. The van der Waals surface area contributed by atoms with E-state index in [0.29, 0.717) is 5.12 Å². The summed E-state index contributed by atoms with van der Waals surface area (Å²) in [5.74, 6) is 1.04. The number of carbonyl (C=O) groups is 1. The molecule has 1 saturated heterocycles. The molecule has 0 radical (unpaired) electrons. The SMILES string of the molecule is O=C1SCCC1C1=CC=CC=CN1. The molecule has 0 aromatic heterocycles. The van der Waals surface area contributed by atoms with Crippen LogP contribution in [0.5, 0.6) is 0 Å². The molecule has 0 aliphatic carbocycles. The largest absolute Gasteiger partial charge is 0.364 e. The number of rotatable bonds is 1. The molecule has 0 bridgehead atoms. The maximum absolute atomic E-state index is 11.4. The van der Waals surface area contributed by atoms with E-state index in [1.54, 1.807) is 0 Å². The number of hydrogen-bond donors (Lipinski definition) is 1. The normalized spacial score (nSPS) is 26.9. The zero-order valence-electron chi connectivity index (χ0n) is 7.19. The third kappa shape index (κ3) is 1.86. The van der Waals surface area contributed by atoms with E-state index in [1.807, 2.05) is 30.5 Å². The van der Waals surface area contributed by atoms with Crippen LogP contribution in [0, 0.1) is 5.92 Å². The zero-order chi connectivity index (χ0) is 9.10. The second kappa shape index (κ2) is 3.83. The highest BCUT2D eigenvalue weighted by Crippen LogP contribution is 2.30. The lowest BCUT2D eigenvalue weighted by Crippen LogP contribution is -2.17.